The third-order valence-corrected chi connectivity index (χ3v) is 4.57. The predicted molar refractivity (Wildman–Crippen MR) is 86.3 cm³/mol. The molecule has 5 heteroatoms. The number of likely N-dealkylation sites (tertiary alicyclic amines) is 1. The minimum absolute atomic E-state index is 0.159. The first kappa shape index (κ1) is 18.2. The summed E-state index contributed by atoms with van der Waals surface area (Å²) in [5.41, 5.74) is 0. The van der Waals surface area contributed by atoms with Crippen LogP contribution in [-0.2, 0) is 0 Å². The van der Waals surface area contributed by atoms with E-state index in [-0.39, 0.29) is 11.9 Å². The summed E-state index contributed by atoms with van der Waals surface area (Å²) in [7, 11) is 0. The monoisotopic (exact) mass is 299 g/mol. The minimum atomic E-state index is -0.460. The third kappa shape index (κ3) is 7.14. The number of hydrogen-bond donors (Lipinski definition) is 3. The van der Waals surface area contributed by atoms with Gasteiger partial charge in [-0.25, -0.2) is 4.79 Å². The summed E-state index contributed by atoms with van der Waals surface area (Å²) in [6, 6.07) is -0.159. The van der Waals surface area contributed by atoms with E-state index in [0.29, 0.717) is 12.5 Å². The van der Waals surface area contributed by atoms with E-state index in [4.69, 9.17) is 0 Å². The van der Waals surface area contributed by atoms with Gasteiger partial charge in [0.25, 0.3) is 0 Å². The second-order valence-corrected chi connectivity index (χ2v) is 6.33. The van der Waals surface area contributed by atoms with Crippen molar-refractivity contribution >= 4 is 6.03 Å². The molecule has 0 aromatic rings. The topological polar surface area (TPSA) is 64.6 Å². The highest BCUT2D eigenvalue weighted by atomic mass is 16.3. The number of carbonyl (C=O) groups excluding carboxylic acids is 1. The van der Waals surface area contributed by atoms with Crippen LogP contribution in [-0.4, -0.2) is 54.9 Å². The largest absolute Gasteiger partial charge is 0.391 e. The number of aliphatic hydroxyl groups excluding tert-OH is 1. The lowest BCUT2D eigenvalue weighted by molar-refractivity contribution is 0.114. The van der Waals surface area contributed by atoms with Gasteiger partial charge >= 0.3 is 6.03 Å². The number of carbonyl (C=O) groups is 1. The fraction of sp³-hybridized carbons (Fsp3) is 0.938. The Balaban J connectivity index is 2.11. The molecule has 2 atom stereocenters. The standard InChI is InChI=1S/C16H33N3O2/c1-4-8-19-9-6-14(7-10-19)11-17-16(21)18-12-15(20)13(3)5-2/h13-15,20H,4-12H2,1-3H3,(H2,17,18,21). The normalized spacial score (nSPS) is 20.0. The Bertz CT molecular complexity index is 291. The van der Waals surface area contributed by atoms with Crippen molar-refractivity contribution in [2.75, 3.05) is 32.7 Å². The van der Waals surface area contributed by atoms with Crippen molar-refractivity contribution in [1.29, 1.82) is 0 Å². The van der Waals surface area contributed by atoms with Gasteiger partial charge in [0.2, 0.25) is 0 Å². The molecule has 1 aliphatic heterocycles. The molecule has 124 valence electrons. The Labute approximate surface area is 129 Å². The van der Waals surface area contributed by atoms with Gasteiger partial charge in [0.05, 0.1) is 6.10 Å². The Morgan fingerprint density at radius 1 is 1.29 bits per heavy atom. The van der Waals surface area contributed by atoms with Crippen molar-refractivity contribution in [3.8, 4) is 0 Å². The minimum Gasteiger partial charge on any atom is -0.391 e. The highest BCUT2D eigenvalue weighted by Crippen LogP contribution is 2.16. The van der Waals surface area contributed by atoms with Gasteiger partial charge in [-0.3, -0.25) is 0 Å². The van der Waals surface area contributed by atoms with Crippen LogP contribution >= 0.6 is 0 Å². The van der Waals surface area contributed by atoms with Crippen LogP contribution in [0.25, 0.3) is 0 Å². The molecule has 0 spiro atoms. The Hall–Kier alpha value is -0.810. The Morgan fingerprint density at radius 3 is 2.52 bits per heavy atom. The van der Waals surface area contributed by atoms with Crippen LogP contribution < -0.4 is 10.6 Å². The second kappa shape index (κ2) is 10.0. The van der Waals surface area contributed by atoms with Gasteiger partial charge in [-0.2, -0.15) is 0 Å². The fourth-order valence-electron chi connectivity index (χ4n) is 2.70. The summed E-state index contributed by atoms with van der Waals surface area (Å²) < 4.78 is 0. The average Bonchev–Trinajstić information content (AvgIpc) is 2.51. The summed E-state index contributed by atoms with van der Waals surface area (Å²) in [4.78, 5) is 14.2. The van der Waals surface area contributed by atoms with Gasteiger partial charge in [0.1, 0.15) is 0 Å². The first-order valence-electron chi connectivity index (χ1n) is 8.48. The number of piperidine rings is 1. The molecule has 1 saturated heterocycles. The van der Waals surface area contributed by atoms with E-state index in [2.05, 4.69) is 22.5 Å². The smallest absolute Gasteiger partial charge is 0.314 e. The lowest BCUT2D eigenvalue weighted by Gasteiger charge is -2.31. The van der Waals surface area contributed by atoms with Gasteiger partial charge < -0.3 is 20.6 Å². The van der Waals surface area contributed by atoms with E-state index >= 15 is 0 Å². The number of nitrogens with one attached hydrogen (secondary N) is 2. The van der Waals surface area contributed by atoms with Crippen LogP contribution in [0.2, 0.25) is 0 Å². The summed E-state index contributed by atoms with van der Waals surface area (Å²) in [5, 5.41) is 15.5. The molecule has 1 heterocycles. The first-order chi connectivity index (χ1) is 10.1. The van der Waals surface area contributed by atoms with Crippen molar-refractivity contribution in [2.45, 2.75) is 52.6 Å². The summed E-state index contributed by atoms with van der Waals surface area (Å²) in [5.74, 6) is 0.802. The zero-order valence-corrected chi connectivity index (χ0v) is 13.9. The van der Waals surface area contributed by atoms with Gasteiger partial charge in [0.15, 0.2) is 0 Å². The average molecular weight is 299 g/mol. The second-order valence-electron chi connectivity index (χ2n) is 6.33. The summed E-state index contributed by atoms with van der Waals surface area (Å²) in [6.45, 7) is 10.8. The van der Waals surface area contributed by atoms with Gasteiger partial charge in [0, 0.05) is 13.1 Å². The van der Waals surface area contributed by atoms with Crippen LogP contribution in [0, 0.1) is 11.8 Å². The van der Waals surface area contributed by atoms with Gasteiger partial charge in [-0.1, -0.05) is 27.2 Å². The number of amides is 2. The molecular weight excluding hydrogens is 266 g/mol. The van der Waals surface area contributed by atoms with E-state index in [9.17, 15) is 9.90 Å². The summed E-state index contributed by atoms with van der Waals surface area (Å²) in [6.07, 6.45) is 3.99. The molecule has 2 amide bonds. The molecule has 3 N–H and O–H groups in total. The predicted octanol–water partition coefficient (Wildman–Crippen LogP) is 1.81. The van der Waals surface area contributed by atoms with E-state index in [0.717, 1.165) is 38.9 Å². The Morgan fingerprint density at radius 2 is 1.95 bits per heavy atom. The summed E-state index contributed by atoms with van der Waals surface area (Å²) >= 11 is 0. The quantitative estimate of drug-likeness (QED) is 0.640. The molecule has 0 saturated carbocycles. The number of aliphatic hydroxyl groups is 1. The zero-order valence-electron chi connectivity index (χ0n) is 13.9. The van der Waals surface area contributed by atoms with Crippen molar-refractivity contribution in [3.05, 3.63) is 0 Å². The maximum atomic E-state index is 11.7. The number of hydrogen-bond acceptors (Lipinski definition) is 3. The van der Waals surface area contributed by atoms with Crippen LogP contribution in [0.15, 0.2) is 0 Å². The lowest BCUT2D eigenvalue weighted by atomic mass is 9.97. The fourth-order valence-corrected chi connectivity index (χ4v) is 2.70. The van der Waals surface area contributed by atoms with Crippen LogP contribution in [0.4, 0.5) is 4.79 Å². The molecule has 21 heavy (non-hydrogen) atoms. The molecule has 1 fully saturated rings. The molecule has 0 aromatic heterocycles. The highest BCUT2D eigenvalue weighted by Gasteiger charge is 2.19. The van der Waals surface area contributed by atoms with Gasteiger partial charge in [-0.15, -0.1) is 0 Å². The van der Waals surface area contributed by atoms with E-state index in [1.807, 2.05) is 13.8 Å². The maximum Gasteiger partial charge on any atom is 0.314 e. The number of urea groups is 1. The molecular formula is C16H33N3O2. The third-order valence-electron chi connectivity index (χ3n) is 4.57. The van der Waals surface area contributed by atoms with E-state index < -0.39 is 6.10 Å². The van der Waals surface area contributed by atoms with Crippen LogP contribution in [0.5, 0.6) is 0 Å². The Kier molecular flexibility index (Phi) is 8.69. The van der Waals surface area contributed by atoms with Crippen molar-refractivity contribution in [1.82, 2.24) is 15.5 Å². The molecule has 5 nitrogen and oxygen atoms in total. The van der Waals surface area contributed by atoms with Crippen molar-refractivity contribution < 1.29 is 9.90 Å². The lowest BCUT2D eigenvalue weighted by Crippen LogP contribution is -2.44. The SMILES string of the molecule is CCCN1CCC(CNC(=O)NCC(O)C(C)CC)CC1. The molecule has 0 bridgehead atoms. The zero-order chi connectivity index (χ0) is 15.7. The van der Waals surface area contributed by atoms with Crippen molar-refractivity contribution in [3.63, 3.8) is 0 Å². The molecule has 1 aliphatic rings. The highest BCUT2D eigenvalue weighted by molar-refractivity contribution is 5.73. The van der Waals surface area contributed by atoms with Crippen molar-refractivity contribution in [2.24, 2.45) is 11.8 Å². The number of rotatable bonds is 8. The van der Waals surface area contributed by atoms with Gasteiger partial charge in [-0.05, 0) is 50.7 Å². The molecule has 2 unspecified atom stereocenters. The molecule has 0 radical (unpaired) electrons. The maximum absolute atomic E-state index is 11.7. The van der Waals surface area contributed by atoms with Crippen LogP contribution in [0.3, 0.4) is 0 Å². The van der Waals surface area contributed by atoms with E-state index in [1.165, 1.54) is 13.0 Å². The van der Waals surface area contributed by atoms with Crippen LogP contribution in [0.1, 0.15) is 46.5 Å². The van der Waals surface area contributed by atoms with E-state index in [1.54, 1.807) is 0 Å². The first-order valence-corrected chi connectivity index (χ1v) is 8.48. The molecule has 0 aliphatic carbocycles. The molecule has 1 rings (SSSR count). The number of nitrogens with zero attached hydrogens (tertiary/aromatic N) is 1. The molecule has 0 aromatic carbocycles.